The maximum atomic E-state index is 12.8. The average molecular weight is 453 g/mol. The highest BCUT2D eigenvalue weighted by atomic mass is 16.2. The first kappa shape index (κ1) is 24.5. The molecular weight excluding hydrogens is 416 g/mol. The fourth-order valence-corrected chi connectivity index (χ4v) is 3.81. The van der Waals surface area contributed by atoms with Crippen LogP contribution in [0.3, 0.4) is 0 Å². The van der Waals surface area contributed by atoms with Crippen LogP contribution in [0.2, 0.25) is 0 Å². The number of anilines is 1. The molecule has 1 aliphatic rings. The summed E-state index contributed by atoms with van der Waals surface area (Å²) in [6, 6.07) is 12.7. The van der Waals surface area contributed by atoms with Gasteiger partial charge in [-0.3, -0.25) is 4.79 Å². The van der Waals surface area contributed by atoms with Gasteiger partial charge in [-0.15, -0.1) is 0 Å². The van der Waals surface area contributed by atoms with Gasteiger partial charge < -0.3 is 25.8 Å². The van der Waals surface area contributed by atoms with Gasteiger partial charge in [0.05, 0.1) is 0 Å². The molecule has 1 fully saturated rings. The molecule has 0 spiro atoms. The first-order chi connectivity index (χ1) is 16.0. The van der Waals surface area contributed by atoms with E-state index in [-0.39, 0.29) is 17.9 Å². The zero-order valence-corrected chi connectivity index (χ0v) is 19.9. The van der Waals surface area contributed by atoms with Crippen molar-refractivity contribution in [2.45, 2.75) is 39.9 Å². The number of aromatic nitrogens is 1. The molecule has 1 unspecified atom stereocenters. The summed E-state index contributed by atoms with van der Waals surface area (Å²) in [6.45, 7) is 11.9. The Morgan fingerprint density at radius 3 is 2.24 bits per heavy atom. The maximum Gasteiger partial charge on any atom is 0.315 e. The molecule has 3 N–H and O–H groups in total. The van der Waals surface area contributed by atoms with Crippen molar-refractivity contribution in [2.24, 2.45) is 5.92 Å². The van der Waals surface area contributed by atoms with Gasteiger partial charge in [0.1, 0.15) is 11.9 Å². The second-order valence-electron chi connectivity index (χ2n) is 8.70. The highest BCUT2D eigenvalue weighted by Gasteiger charge is 2.24. The van der Waals surface area contributed by atoms with Gasteiger partial charge in [0, 0.05) is 45.5 Å². The Balaban J connectivity index is 1.46. The third-order valence-electron chi connectivity index (χ3n) is 5.95. The highest BCUT2D eigenvalue weighted by molar-refractivity contribution is 5.87. The molecule has 1 aromatic heterocycles. The third kappa shape index (κ3) is 7.46. The monoisotopic (exact) mass is 452 g/mol. The zero-order valence-electron chi connectivity index (χ0n) is 19.9. The lowest BCUT2D eigenvalue weighted by Gasteiger charge is -2.34. The smallest absolute Gasteiger partial charge is 0.315 e. The molecule has 3 amide bonds. The standard InChI is InChI=1S/C25H36N6O2/c1-4-30-12-14-31(15-13-30)22-11-10-21(17-26-22)18-27-24(32)23(19(2)3)29-25(33)28-16-20-8-6-5-7-9-20/h5-11,17,19,23H,4,12-16,18H2,1-3H3,(H,27,32)(H2,28,29,33). The highest BCUT2D eigenvalue weighted by Crippen LogP contribution is 2.14. The number of carbonyl (C=O) groups excluding carboxylic acids is 2. The summed E-state index contributed by atoms with van der Waals surface area (Å²) in [6.07, 6.45) is 1.81. The first-order valence-electron chi connectivity index (χ1n) is 11.7. The van der Waals surface area contributed by atoms with Crippen LogP contribution >= 0.6 is 0 Å². The lowest BCUT2D eigenvalue weighted by molar-refractivity contribution is -0.124. The molecule has 1 aliphatic heterocycles. The predicted octanol–water partition coefficient (Wildman–Crippen LogP) is 2.36. The molecule has 2 heterocycles. The van der Waals surface area contributed by atoms with Gasteiger partial charge in [-0.05, 0) is 29.7 Å². The van der Waals surface area contributed by atoms with Crippen LogP contribution in [0, 0.1) is 5.92 Å². The Hall–Kier alpha value is -3.13. The second kappa shape index (κ2) is 12.2. The van der Waals surface area contributed by atoms with E-state index in [1.807, 2.05) is 62.5 Å². The quantitative estimate of drug-likeness (QED) is 0.544. The van der Waals surface area contributed by atoms with Gasteiger partial charge in [-0.2, -0.15) is 0 Å². The van der Waals surface area contributed by atoms with E-state index < -0.39 is 6.04 Å². The Kier molecular flexibility index (Phi) is 9.06. The Bertz CT molecular complexity index is 880. The summed E-state index contributed by atoms with van der Waals surface area (Å²) in [5, 5.41) is 8.53. The number of piperazine rings is 1. The number of likely N-dealkylation sites (N-methyl/N-ethyl adjacent to an activating group) is 1. The molecule has 0 radical (unpaired) electrons. The fraction of sp³-hybridized carbons (Fsp3) is 0.480. The van der Waals surface area contributed by atoms with Crippen molar-refractivity contribution in [2.75, 3.05) is 37.6 Å². The topological polar surface area (TPSA) is 89.6 Å². The van der Waals surface area contributed by atoms with Crippen molar-refractivity contribution in [1.29, 1.82) is 0 Å². The van der Waals surface area contributed by atoms with Gasteiger partial charge in [0.15, 0.2) is 0 Å². The largest absolute Gasteiger partial charge is 0.354 e. The minimum atomic E-state index is -0.622. The fourth-order valence-electron chi connectivity index (χ4n) is 3.81. The number of hydrogen-bond acceptors (Lipinski definition) is 5. The number of amides is 3. The third-order valence-corrected chi connectivity index (χ3v) is 5.95. The molecule has 1 aromatic carbocycles. The van der Waals surface area contributed by atoms with Gasteiger partial charge in [0.2, 0.25) is 5.91 Å². The van der Waals surface area contributed by atoms with E-state index in [1.165, 1.54) is 0 Å². The molecule has 8 nitrogen and oxygen atoms in total. The SMILES string of the molecule is CCN1CCN(c2ccc(CNC(=O)C(NC(=O)NCc3ccccc3)C(C)C)cn2)CC1. The molecule has 178 valence electrons. The normalized spacial score (nSPS) is 15.2. The number of rotatable bonds is 9. The summed E-state index contributed by atoms with van der Waals surface area (Å²) in [4.78, 5) is 34.4. The number of benzene rings is 1. The van der Waals surface area contributed by atoms with Crippen molar-refractivity contribution in [3.63, 3.8) is 0 Å². The second-order valence-corrected chi connectivity index (χ2v) is 8.70. The van der Waals surface area contributed by atoms with Crippen LogP contribution in [0.5, 0.6) is 0 Å². The Morgan fingerprint density at radius 1 is 0.939 bits per heavy atom. The van der Waals surface area contributed by atoms with Crippen molar-refractivity contribution in [3.8, 4) is 0 Å². The number of nitrogens with one attached hydrogen (secondary N) is 3. The minimum Gasteiger partial charge on any atom is -0.354 e. The lowest BCUT2D eigenvalue weighted by atomic mass is 10.0. The Morgan fingerprint density at radius 2 is 1.64 bits per heavy atom. The van der Waals surface area contributed by atoms with Crippen LogP contribution in [-0.2, 0) is 17.9 Å². The number of urea groups is 1. The summed E-state index contributed by atoms with van der Waals surface area (Å²) >= 11 is 0. The van der Waals surface area contributed by atoms with Gasteiger partial charge >= 0.3 is 6.03 Å². The molecular formula is C25H36N6O2. The summed E-state index contributed by atoms with van der Waals surface area (Å²) in [5.74, 6) is 0.715. The van der Waals surface area contributed by atoms with Crippen LogP contribution in [0.4, 0.5) is 10.6 Å². The molecule has 0 bridgehead atoms. The molecule has 1 saturated heterocycles. The van der Waals surface area contributed by atoms with Gasteiger partial charge in [-0.25, -0.2) is 9.78 Å². The minimum absolute atomic E-state index is 0.0465. The van der Waals surface area contributed by atoms with Crippen LogP contribution in [0.1, 0.15) is 31.9 Å². The van der Waals surface area contributed by atoms with E-state index in [9.17, 15) is 9.59 Å². The molecule has 3 rings (SSSR count). The van der Waals surface area contributed by atoms with Crippen LogP contribution < -0.4 is 20.9 Å². The molecule has 0 aliphatic carbocycles. The van der Waals surface area contributed by atoms with E-state index in [1.54, 1.807) is 0 Å². The number of nitrogens with zero attached hydrogens (tertiary/aromatic N) is 3. The van der Waals surface area contributed by atoms with E-state index in [0.29, 0.717) is 13.1 Å². The van der Waals surface area contributed by atoms with Crippen molar-refractivity contribution < 1.29 is 9.59 Å². The molecule has 8 heteroatoms. The lowest BCUT2D eigenvalue weighted by Crippen LogP contribution is -2.52. The maximum absolute atomic E-state index is 12.8. The van der Waals surface area contributed by atoms with E-state index in [0.717, 1.165) is 49.7 Å². The zero-order chi connectivity index (χ0) is 23.6. The van der Waals surface area contributed by atoms with E-state index >= 15 is 0 Å². The van der Waals surface area contributed by atoms with Gasteiger partial charge in [0.25, 0.3) is 0 Å². The molecule has 2 aromatic rings. The number of carbonyl (C=O) groups is 2. The van der Waals surface area contributed by atoms with Gasteiger partial charge in [-0.1, -0.05) is 57.2 Å². The van der Waals surface area contributed by atoms with E-state index in [2.05, 4.69) is 37.7 Å². The predicted molar refractivity (Wildman–Crippen MR) is 131 cm³/mol. The van der Waals surface area contributed by atoms with Crippen LogP contribution in [-0.4, -0.2) is 60.6 Å². The molecule has 0 saturated carbocycles. The van der Waals surface area contributed by atoms with Crippen molar-refractivity contribution in [3.05, 3.63) is 59.8 Å². The number of hydrogen-bond donors (Lipinski definition) is 3. The summed E-state index contributed by atoms with van der Waals surface area (Å²) < 4.78 is 0. The average Bonchev–Trinajstić information content (AvgIpc) is 2.85. The molecule has 1 atom stereocenters. The Labute approximate surface area is 196 Å². The number of pyridine rings is 1. The van der Waals surface area contributed by atoms with Crippen molar-refractivity contribution >= 4 is 17.8 Å². The first-order valence-corrected chi connectivity index (χ1v) is 11.7. The van der Waals surface area contributed by atoms with E-state index in [4.69, 9.17) is 0 Å². The summed E-state index contributed by atoms with van der Waals surface area (Å²) in [7, 11) is 0. The van der Waals surface area contributed by atoms with Crippen LogP contribution in [0.15, 0.2) is 48.7 Å². The summed E-state index contributed by atoms with van der Waals surface area (Å²) in [5.41, 5.74) is 1.93. The van der Waals surface area contributed by atoms with Crippen molar-refractivity contribution in [1.82, 2.24) is 25.8 Å². The molecule has 33 heavy (non-hydrogen) atoms. The van der Waals surface area contributed by atoms with Crippen LogP contribution in [0.25, 0.3) is 0 Å².